The van der Waals surface area contributed by atoms with E-state index in [1.807, 2.05) is 18.2 Å². The standard InChI is InChI=1S/C14H12N4O/c1-9-14(19)18(11-5-2-4-10(15)8-11)13-12(17-9)6-3-7-16-13/h2-8H,15H2,1H3. The van der Waals surface area contributed by atoms with E-state index in [-0.39, 0.29) is 5.56 Å². The Labute approximate surface area is 109 Å². The summed E-state index contributed by atoms with van der Waals surface area (Å²) < 4.78 is 1.54. The first kappa shape index (κ1) is 11.4. The summed E-state index contributed by atoms with van der Waals surface area (Å²) in [5.74, 6) is 0. The molecular weight excluding hydrogens is 240 g/mol. The molecule has 0 fully saturated rings. The fraction of sp³-hybridized carbons (Fsp3) is 0.0714. The normalized spacial score (nSPS) is 10.8. The molecule has 2 N–H and O–H groups in total. The summed E-state index contributed by atoms with van der Waals surface area (Å²) in [6.07, 6.45) is 1.64. The Bertz CT molecular complexity index is 823. The summed E-state index contributed by atoms with van der Waals surface area (Å²) in [6.45, 7) is 1.69. The van der Waals surface area contributed by atoms with Gasteiger partial charge in [-0.15, -0.1) is 0 Å². The predicted molar refractivity (Wildman–Crippen MR) is 74.3 cm³/mol. The topological polar surface area (TPSA) is 73.8 Å². The lowest BCUT2D eigenvalue weighted by molar-refractivity contribution is 0.959. The summed E-state index contributed by atoms with van der Waals surface area (Å²) in [5, 5.41) is 0. The third-order valence-corrected chi connectivity index (χ3v) is 2.91. The van der Waals surface area contributed by atoms with Crippen LogP contribution in [0.15, 0.2) is 47.4 Å². The number of nitrogen functional groups attached to an aromatic ring is 1. The van der Waals surface area contributed by atoms with E-state index < -0.39 is 0 Å². The van der Waals surface area contributed by atoms with Gasteiger partial charge in [-0.1, -0.05) is 6.07 Å². The van der Waals surface area contributed by atoms with Gasteiger partial charge in [-0.05, 0) is 37.3 Å². The summed E-state index contributed by atoms with van der Waals surface area (Å²) in [6, 6.07) is 10.8. The van der Waals surface area contributed by atoms with Crippen molar-refractivity contribution in [2.45, 2.75) is 6.92 Å². The first-order chi connectivity index (χ1) is 9.16. The molecule has 1 aromatic carbocycles. The minimum absolute atomic E-state index is 0.184. The summed E-state index contributed by atoms with van der Waals surface area (Å²) >= 11 is 0. The molecule has 0 amide bonds. The molecular formula is C14H12N4O. The first-order valence-electron chi connectivity index (χ1n) is 5.87. The average molecular weight is 252 g/mol. The number of nitrogens with zero attached hydrogens (tertiary/aromatic N) is 3. The Morgan fingerprint density at radius 2 is 2.05 bits per heavy atom. The predicted octanol–water partition coefficient (Wildman–Crippen LogP) is 1.67. The molecule has 0 unspecified atom stereocenters. The third-order valence-electron chi connectivity index (χ3n) is 2.91. The molecule has 2 aromatic heterocycles. The van der Waals surface area contributed by atoms with Crippen LogP contribution in [0.3, 0.4) is 0 Å². The van der Waals surface area contributed by atoms with E-state index in [0.29, 0.717) is 28.2 Å². The van der Waals surface area contributed by atoms with Gasteiger partial charge in [0.2, 0.25) is 0 Å². The zero-order valence-electron chi connectivity index (χ0n) is 10.4. The van der Waals surface area contributed by atoms with E-state index in [4.69, 9.17) is 5.73 Å². The van der Waals surface area contributed by atoms with E-state index >= 15 is 0 Å². The first-order valence-corrected chi connectivity index (χ1v) is 5.87. The van der Waals surface area contributed by atoms with Gasteiger partial charge in [0.1, 0.15) is 11.2 Å². The highest BCUT2D eigenvalue weighted by atomic mass is 16.1. The molecule has 0 saturated carbocycles. The Kier molecular flexibility index (Phi) is 2.52. The Morgan fingerprint density at radius 3 is 2.84 bits per heavy atom. The van der Waals surface area contributed by atoms with Crippen molar-refractivity contribution in [3.05, 3.63) is 58.6 Å². The van der Waals surface area contributed by atoms with Crippen molar-refractivity contribution in [1.82, 2.24) is 14.5 Å². The highest BCUT2D eigenvalue weighted by Crippen LogP contribution is 2.15. The maximum absolute atomic E-state index is 12.3. The molecule has 0 saturated heterocycles. The SMILES string of the molecule is Cc1nc2cccnc2n(-c2cccc(N)c2)c1=O. The molecule has 3 rings (SSSR count). The lowest BCUT2D eigenvalue weighted by Crippen LogP contribution is -2.23. The largest absolute Gasteiger partial charge is 0.399 e. The van der Waals surface area contributed by atoms with Crippen LogP contribution in [0.5, 0.6) is 0 Å². The molecule has 5 nitrogen and oxygen atoms in total. The van der Waals surface area contributed by atoms with Gasteiger partial charge in [-0.25, -0.2) is 9.97 Å². The van der Waals surface area contributed by atoms with Crippen LogP contribution in [0.1, 0.15) is 5.69 Å². The molecule has 0 aliphatic heterocycles. The minimum Gasteiger partial charge on any atom is -0.399 e. The fourth-order valence-electron chi connectivity index (χ4n) is 2.04. The zero-order chi connectivity index (χ0) is 13.4. The molecule has 0 aliphatic carbocycles. The van der Waals surface area contributed by atoms with Crippen LogP contribution in [0.25, 0.3) is 16.9 Å². The number of rotatable bonds is 1. The van der Waals surface area contributed by atoms with Gasteiger partial charge in [-0.3, -0.25) is 9.36 Å². The monoisotopic (exact) mass is 252 g/mol. The molecule has 0 spiro atoms. The summed E-state index contributed by atoms with van der Waals surface area (Å²) in [5.41, 5.74) is 8.53. The van der Waals surface area contributed by atoms with Crippen molar-refractivity contribution < 1.29 is 0 Å². The Morgan fingerprint density at radius 1 is 1.21 bits per heavy atom. The van der Waals surface area contributed by atoms with E-state index in [9.17, 15) is 4.79 Å². The number of fused-ring (bicyclic) bond motifs is 1. The molecule has 2 heterocycles. The summed E-state index contributed by atoms with van der Waals surface area (Å²) in [7, 11) is 0. The molecule has 0 radical (unpaired) electrons. The molecule has 5 heteroatoms. The number of hydrogen-bond acceptors (Lipinski definition) is 4. The van der Waals surface area contributed by atoms with Crippen molar-refractivity contribution in [2.75, 3.05) is 5.73 Å². The van der Waals surface area contributed by atoms with Gasteiger partial charge in [-0.2, -0.15) is 0 Å². The van der Waals surface area contributed by atoms with Crippen LogP contribution in [0.2, 0.25) is 0 Å². The smallest absolute Gasteiger partial charge is 0.278 e. The second kappa shape index (κ2) is 4.20. The number of pyridine rings is 1. The fourth-order valence-corrected chi connectivity index (χ4v) is 2.04. The number of aryl methyl sites for hydroxylation is 1. The maximum atomic E-state index is 12.3. The van der Waals surface area contributed by atoms with Gasteiger partial charge < -0.3 is 5.73 Å². The summed E-state index contributed by atoms with van der Waals surface area (Å²) in [4.78, 5) is 20.8. The lowest BCUT2D eigenvalue weighted by atomic mass is 10.2. The number of anilines is 1. The van der Waals surface area contributed by atoms with Crippen LogP contribution in [-0.2, 0) is 0 Å². The van der Waals surface area contributed by atoms with Crippen LogP contribution < -0.4 is 11.3 Å². The molecule has 3 aromatic rings. The van der Waals surface area contributed by atoms with Gasteiger partial charge in [0, 0.05) is 11.9 Å². The number of nitrogens with two attached hydrogens (primary N) is 1. The average Bonchev–Trinajstić information content (AvgIpc) is 2.40. The van der Waals surface area contributed by atoms with E-state index in [1.54, 1.807) is 31.3 Å². The molecule has 19 heavy (non-hydrogen) atoms. The van der Waals surface area contributed by atoms with Crippen molar-refractivity contribution >= 4 is 16.9 Å². The lowest BCUT2D eigenvalue weighted by Gasteiger charge is -2.10. The van der Waals surface area contributed by atoms with E-state index in [0.717, 1.165) is 0 Å². The second-order valence-electron chi connectivity index (χ2n) is 4.28. The number of benzene rings is 1. The van der Waals surface area contributed by atoms with Gasteiger partial charge >= 0.3 is 0 Å². The number of aromatic nitrogens is 3. The highest BCUT2D eigenvalue weighted by molar-refractivity contribution is 5.72. The van der Waals surface area contributed by atoms with Crippen molar-refractivity contribution in [3.63, 3.8) is 0 Å². The number of hydrogen-bond donors (Lipinski definition) is 1. The second-order valence-corrected chi connectivity index (χ2v) is 4.28. The Balaban J connectivity index is 2.46. The molecule has 0 aliphatic rings. The van der Waals surface area contributed by atoms with Crippen LogP contribution in [0.4, 0.5) is 5.69 Å². The van der Waals surface area contributed by atoms with Crippen LogP contribution >= 0.6 is 0 Å². The van der Waals surface area contributed by atoms with Gasteiger partial charge in [0.05, 0.1) is 5.69 Å². The molecule has 0 bridgehead atoms. The molecule has 0 atom stereocenters. The van der Waals surface area contributed by atoms with E-state index in [1.165, 1.54) is 4.57 Å². The maximum Gasteiger partial charge on any atom is 0.278 e. The van der Waals surface area contributed by atoms with E-state index in [2.05, 4.69) is 9.97 Å². The third kappa shape index (κ3) is 1.85. The Hall–Kier alpha value is -2.69. The quantitative estimate of drug-likeness (QED) is 0.668. The van der Waals surface area contributed by atoms with Gasteiger partial charge in [0.15, 0.2) is 5.65 Å². The van der Waals surface area contributed by atoms with Crippen molar-refractivity contribution in [3.8, 4) is 5.69 Å². The molecule has 94 valence electrons. The van der Waals surface area contributed by atoms with Crippen molar-refractivity contribution in [1.29, 1.82) is 0 Å². The van der Waals surface area contributed by atoms with Crippen LogP contribution in [-0.4, -0.2) is 14.5 Å². The van der Waals surface area contributed by atoms with Gasteiger partial charge in [0.25, 0.3) is 5.56 Å². The zero-order valence-corrected chi connectivity index (χ0v) is 10.4. The van der Waals surface area contributed by atoms with Crippen LogP contribution in [0, 0.1) is 6.92 Å². The minimum atomic E-state index is -0.184. The highest BCUT2D eigenvalue weighted by Gasteiger charge is 2.10. The van der Waals surface area contributed by atoms with Crippen molar-refractivity contribution in [2.24, 2.45) is 0 Å².